The standard InChI is InChI=1S/C27H32N4O5/c1-35-21-7-4-6-19(16-21)17-24(32)30-13-10-20(11-14-30)27(23-9-2-3-12-28-23)25(33)31(26(34)29-27)18-22-8-5-15-36-22/h2-4,6-7,9,12,16,20,22H,5,8,10-11,13-15,17-18H2,1H3,(H,29,34). The van der Waals surface area contributed by atoms with Gasteiger partial charge in [-0.25, -0.2) is 4.79 Å². The van der Waals surface area contributed by atoms with Gasteiger partial charge in [0.1, 0.15) is 5.75 Å². The highest BCUT2D eigenvalue weighted by Crippen LogP contribution is 2.41. The number of ether oxygens (including phenoxy) is 2. The fraction of sp³-hybridized carbons (Fsp3) is 0.481. The lowest BCUT2D eigenvalue weighted by Crippen LogP contribution is -2.55. The molecule has 0 radical (unpaired) electrons. The topological polar surface area (TPSA) is 101 Å². The summed E-state index contributed by atoms with van der Waals surface area (Å²) in [5.74, 6) is 0.303. The highest BCUT2D eigenvalue weighted by atomic mass is 16.5. The van der Waals surface area contributed by atoms with Crippen LogP contribution in [-0.2, 0) is 26.3 Å². The highest BCUT2D eigenvalue weighted by Gasteiger charge is 2.58. The van der Waals surface area contributed by atoms with Crippen molar-refractivity contribution in [1.29, 1.82) is 0 Å². The first-order chi connectivity index (χ1) is 17.5. The molecule has 1 aromatic heterocycles. The molecule has 3 saturated heterocycles. The number of piperidine rings is 1. The van der Waals surface area contributed by atoms with Gasteiger partial charge in [-0.1, -0.05) is 18.2 Å². The molecule has 0 aliphatic carbocycles. The van der Waals surface area contributed by atoms with Gasteiger partial charge in [-0.05, 0) is 55.5 Å². The number of likely N-dealkylation sites (tertiary alicyclic amines) is 1. The molecule has 1 N–H and O–H groups in total. The van der Waals surface area contributed by atoms with E-state index >= 15 is 0 Å². The SMILES string of the molecule is COc1cccc(CC(=O)N2CCC(C3(c4ccccn4)NC(=O)N(CC4CCCO4)C3=O)CC2)c1. The Morgan fingerprint density at radius 3 is 2.69 bits per heavy atom. The average Bonchev–Trinajstić information content (AvgIpc) is 3.52. The number of rotatable bonds is 7. The summed E-state index contributed by atoms with van der Waals surface area (Å²) in [7, 11) is 1.61. The van der Waals surface area contributed by atoms with Crippen molar-refractivity contribution in [3.63, 3.8) is 0 Å². The van der Waals surface area contributed by atoms with Crippen LogP contribution < -0.4 is 10.1 Å². The van der Waals surface area contributed by atoms with Gasteiger partial charge in [0.2, 0.25) is 5.91 Å². The zero-order chi connectivity index (χ0) is 25.1. The van der Waals surface area contributed by atoms with Gasteiger partial charge in [-0.2, -0.15) is 0 Å². The molecule has 0 spiro atoms. The number of carbonyl (C=O) groups excluding carboxylic acids is 3. The molecule has 4 amide bonds. The molecule has 5 rings (SSSR count). The van der Waals surface area contributed by atoms with Crippen LogP contribution in [0.1, 0.15) is 36.9 Å². The molecule has 2 unspecified atom stereocenters. The number of nitrogens with zero attached hydrogens (tertiary/aromatic N) is 3. The lowest BCUT2D eigenvalue weighted by atomic mass is 9.75. The second kappa shape index (κ2) is 10.3. The average molecular weight is 493 g/mol. The van der Waals surface area contributed by atoms with E-state index in [0.717, 1.165) is 24.2 Å². The lowest BCUT2D eigenvalue weighted by molar-refractivity contribution is -0.137. The Morgan fingerprint density at radius 1 is 1.17 bits per heavy atom. The summed E-state index contributed by atoms with van der Waals surface area (Å²) >= 11 is 0. The largest absolute Gasteiger partial charge is 0.497 e. The van der Waals surface area contributed by atoms with Crippen molar-refractivity contribution in [1.82, 2.24) is 20.1 Å². The fourth-order valence-corrected chi connectivity index (χ4v) is 5.64. The van der Waals surface area contributed by atoms with Gasteiger partial charge >= 0.3 is 6.03 Å². The first-order valence-electron chi connectivity index (χ1n) is 12.6. The lowest BCUT2D eigenvalue weighted by Gasteiger charge is -2.40. The maximum atomic E-state index is 13.9. The number of hydrogen-bond donors (Lipinski definition) is 1. The second-order valence-electron chi connectivity index (χ2n) is 9.69. The molecule has 9 nitrogen and oxygen atoms in total. The molecule has 190 valence electrons. The number of benzene rings is 1. The number of aromatic nitrogens is 1. The van der Waals surface area contributed by atoms with Crippen LogP contribution in [-0.4, -0.2) is 72.1 Å². The van der Waals surface area contributed by atoms with Gasteiger partial charge in [0.05, 0.1) is 31.9 Å². The third-order valence-corrected chi connectivity index (χ3v) is 7.56. The monoisotopic (exact) mass is 492 g/mol. The second-order valence-corrected chi connectivity index (χ2v) is 9.69. The Bertz CT molecular complexity index is 1110. The van der Waals surface area contributed by atoms with E-state index in [9.17, 15) is 14.4 Å². The van der Waals surface area contributed by atoms with Crippen LogP contribution in [0.3, 0.4) is 0 Å². The summed E-state index contributed by atoms with van der Waals surface area (Å²) in [6, 6.07) is 12.5. The van der Waals surface area contributed by atoms with E-state index in [-0.39, 0.29) is 36.8 Å². The summed E-state index contributed by atoms with van der Waals surface area (Å²) in [5.41, 5.74) is 0.201. The van der Waals surface area contributed by atoms with Crippen molar-refractivity contribution in [3.8, 4) is 5.75 Å². The van der Waals surface area contributed by atoms with Crippen LogP contribution >= 0.6 is 0 Å². The molecule has 3 aliphatic heterocycles. The number of amides is 4. The smallest absolute Gasteiger partial charge is 0.325 e. The number of hydrogen-bond acceptors (Lipinski definition) is 6. The van der Waals surface area contributed by atoms with E-state index in [1.54, 1.807) is 25.4 Å². The molecule has 9 heteroatoms. The van der Waals surface area contributed by atoms with E-state index in [2.05, 4.69) is 10.3 Å². The van der Waals surface area contributed by atoms with Gasteiger partial charge in [0, 0.05) is 31.8 Å². The van der Waals surface area contributed by atoms with Crippen molar-refractivity contribution in [3.05, 3.63) is 59.9 Å². The minimum atomic E-state index is -1.24. The third-order valence-electron chi connectivity index (χ3n) is 7.56. The third kappa shape index (κ3) is 4.55. The van der Waals surface area contributed by atoms with Crippen molar-refractivity contribution >= 4 is 17.8 Å². The molecule has 36 heavy (non-hydrogen) atoms. The van der Waals surface area contributed by atoms with Crippen LogP contribution in [0, 0.1) is 5.92 Å². The predicted molar refractivity (Wildman–Crippen MR) is 131 cm³/mol. The zero-order valence-corrected chi connectivity index (χ0v) is 20.5. The molecule has 3 fully saturated rings. The van der Waals surface area contributed by atoms with Crippen molar-refractivity contribution < 1.29 is 23.9 Å². The van der Waals surface area contributed by atoms with Crippen molar-refractivity contribution in [2.45, 2.75) is 43.7 Å². The van der Waals surface area contributed by atoms with Crippen LogP contribution in [0.25, 0.3) is 0 Å². The molecule has 2 atom stereocenters. The molecule has 4 heterocycles. The van der Waals surface area contributed by atoms with Gasteiger partial charge in [-0.15, -0.1) is 0 Å². The van der Waals surface area contributed by atoms with Crippen LogP contribution in [0.4, 0.5) is 4.79 Å². The normalized spacial score (nSPS) is 24.8. The Labute approximate surface area is 210 Å². The molecule has 2 aromatic rings. The Morgan fingerprint density at radius 2 is 2.00 bits per heavy atom. The molecule has 0 saturated carbocycles. The minimum Gasteiger partial charge on any atom is -0.497 e. The van der Waals surface area contributed by atoms with E-state index in [1.807, 2.05) is 35.2 Å². The van der Waals surface area contributed by atoms with Gasteiger partial charge < -0.3 is 19.7 Å². The minimum absolute atomic E-state index is 0.0374. The molecular weight excluding hydrogens is 460 g/mol. The maximum absolute atomic E-state index is 13.9. The van der Waals surface area contributed by atoms with E-state index in [1.165, 1.54) is 4.90 Å². The Kier molecular flexibility index (Phi) is 6.91. The summed E-state index contributed by atoms with van der Waals surface area (Å²) in [4.78, 5) is 47.6. The number of urea groups is 1. The zero-order valence-electron chi connectivity index (χ0n) is 20.5. The Balaban J connectivity index is 1.32. The highest BCUT2D eigenvalue weighted by molar-refractivity contribution is 6.07. The number of carbonyl (C=O) groups is 3. The van der Waals surface area contributed by atoms with E-state index in [0.29, 0.717) is 38.2 Å². The first kappa shape index (κ1) is 24.2. The van der Waals surface area contributed by atoms with Crippen molar-refractivity contribution in [2.75, 3.05) is 33.4 Å². The Hall–Kier alpha value is -3.46. The molecular formula is C27H32N4O5. The maximum Gasteiger partial charge on any atom is 0.325 e. The number of nitrogens with one attached hydrogen (secondary N) is 1. The van der Waals surface area contributed by atoms with Gasteiger partial charge in [0.25, 0.3) is 5.91 Å². The van der Waals surface area contributed by atoms with E-state index < -0.39 is 11.6 Å². The number of imide groups is 1. The first-order valence-corrected chi connectivity index (χ1v) is 12.6. The summed E-state index contributed by atoms with van der Waals surface area (Å²) < 4.78 is 11.0. The van der Waals surface area contributed by atoms with Crippen LogP contribution in [0.2, 0.25) is 0 Å². The summed E-state index contributed by atoms with van der Waals surface area (Å²) in [5, 5.41) is 3.03. The van der Waals surface area contributed by atoms with Gasteiger partial charge in [0.15, 0.2) is 5.54 Å². The molecule has 3 aliphatic rings. The van der Waals surface area contributed by atoms with Crippen LogP contribution in [0.5, 0.6) is 5.75 Å². The number of methoxy groups -OCH3 is 1. The predicted octanol–water partition coefficient (Wildman–Crippen LogP) is 2.50. The summed E-state index contributed by atoms with van der Waals surface area (Å²) in [6.45, 7) is 1.92. The quantitative estimate of drug-likeness (QED) is 0.596. The molecule has 1 aromatic carbocycles. The van der Waals surface area contributed by atoms with E-state index in [4.69, 9.17) is 9.47 Å². The number of pyridine rings is 1. The van der Waals surface area contributed by atoms with Crippen molar-refractivity contribution in [2.24, 2.45) is 5.92 Å². The summed E-state index contributed by atoms with van der Waals surface area (Å²) in [6.07, 6.45) is 4.74. The molecule has 0 bridgehead atoms. The van der Waals surface area contributed by atoms with Crippen LogP contribution in [0.15, 0.2) is 48.7 Å². The fourth-order valence-electron chi connectivity index (χ4n) is 5.64. The van der Waals surface area contributed by atoms with Gasteiger partial charge in [-0.3, -0.25) is 19.5 Å².